The van der Waals surface area contributed by atoms with E-state index >= 15 is 0 Å². The maximum atomic E-state index is 11.7. The molecule has 0 aromatic rings. The van der Waals surface area contributed by atoms with Crippen molar-refractivity contribution < 1.29 is 14.7 Å². The van der Waals surface area contributed by atoms with Crippen LogP contribution in [0.4, 0.5) is 0 Å². The van der Waals surface area contributed by atoms with Crippen molar-refractivity contribution in [3.63, 3.8) is 0 Å². The highest BCUT2D eigenvalue weighted by Gasteiger charge is 2.40. The van der Waals surface area contributed by atoms with Gasteiger partial charge in [0.2, 0.25) is 5.91 Å². The zero-order valence-corrected chi connectivity index (χ0v) is 7.91. The number of nitrogens with zero attached hydrogens (tertiary/aromatic N) is 1. The van der Waals surface area contributed by atoms with Crippen molar-refractivity contribution in [3.8, 4) is 0 Å². The monoisotopic (exact) mass is 196 g/mol. The van der Waals surface area contributed by atoms with Gasteiger partial charge in [-0.3, -0.25) is 14.5 Å². The summed E-state index contributed by atoms with van der Waals surface area (Å²) in [7, 11) is 0. The highest BCUT2D eigenvalue weighted by atomic mass is 16.4. The van der Waals surface area contributed by atoms with Crippen LogP contribution in [0.3, 0.4) is 0 Å². The Morgan fingerprint density at radius 3 is 3.00 bits per heavy atom. The molecule has 0 spiro atoms. The summed E-state index contributed by atoms with van der Waals surface area (Å²) in [5.74, 6) is -0.647. The Kier molecular flexibility index (Phi) is 1.94. The molecular weight excluding hydrogens is 184 g/mol. The van der Waals surface area contributed by atoms with Gasteiger partial charge in [0.25, 0.3) is 0 Å². The number of carbonyl (C=O) groups excluding carboxylic acids is 1. The van der Waals surface area contributed by atoms with Gasteiger partial charge < -0.3 is 10.4 Å². The molecular formula is C9H12N2O3. The van der Waals surface area contributed by atoms with E-state index in [0.29, 0.717) is 6.54 Å². The topological polar surface area (TPSA) is 69.6 Å². The zero-order valence-electron chi connectivity index (χ0n) is 7.91. The number of hydrogen-bond acceptors (Lipinski definition) is 3. The lowest BCUT2D eigenvalue weighted by Gasteiger charge is -2.11. The SMILES string of the molecule is CC1=C2NCCN2C(=O)C1CC(=O)O. The first-order valence-electron chi connectivity index (χ1n) is 4.59. The Hall–Kier alpha value is -1.52. The highest BCUT2D eigenvalue weighted by Crippen LogP contribution is 2.31. The average molecular weight is 196 g/mol. The van der Waals surface area contributed by atoms with Gasteiger partial charge in [-0.2, -0.15) is 0 Å². The lowest BCUT2D eigenvalue weighted by molar-refractivity contribution is -0.141. The van der Waals surface area contributed by atoms with E-state index in [1.165, 1.54) is 0 Å². The quantitative estimate of drug-likeness (QED) is 0.639. The minimum absolute atomic E-state index is 0.0788. The number of hydrogen-bond donors (Lipinski definition) is 2. The minimum Gasteiger partial charge on any atom is -0.481 e. The van der Waals surface area contributed by atoms with E-state index in [2.05, 4.69) is 5.32 Å². The lowest BCUT2D eigenvalue weighted by atomic mass is 9.99. The molecule has 5 nitrogen and oxygen atoms in total. The summed E-state index contributed by atoms with van der Waals surface area (Å²) in [5, 5.41) is 11.8. The number of amides is 1. The Balaban J connectivity index is 2.24. The summed E-state index contributed by atoms with van der Waals surface area (Å²) in [6.45, 7) is 3.24. The van der Waals surface area contributed by atoms with Crippen molar-refractivity contribution in [2.45, 2.75) is 13.3 Å². The molecule has 0 aliphatic carbocycles. The fourth-order valence-corrected chi connectivity index (χ4v) is 2.02. The molecule has 0 aromatic carbocycles. The van der Waals surface area contributed by atoms with Gasteiger partial charge in [-0.05, 0) is 12.5 Å². The van der Waals surface area contributed by atoms with Crippen LogP contribution in [-0.2, 0) is 9.59 Å². The molecule has 1 atom stereocenters. The van der Waals surface area contributed by atoms with Crippen LogP contribution in [0, 0.1) is 5.92 Å². The maximum Gasteiger partial charge on any atom is 0.304 e. The van der Waals surface area contributed by atoms with Gasteiger partial charge in [0.05, 0.1) is 12.3 Å². The second kappa shape index (κ2) is 3.01. The second-order valence-electron chi connectivity index (χ2n) is 3.60. The summed E-state index contributed by atoms with van der Waals surface area (Å²) in [4.78, 5) is 23.9. The van der Waals surface area contributed by atoms with Crippen LogP contribution >= 0.6 is 0 Å². The first-order valence-corrected chi connectivity index (χ1v) is 4.59. The Bertz CT molecular complexity index is 335. The average Bonchev–Trinajstić information content (AvgIpc) is 2.65. The molecule has 0 bridgehead atoms. The molecule has 1 saturated heterocycles. The van der Waals surface area contributed by atoms with E-state index in [1.54, 1.807) is 4.90 Å². The van der Waals surface area contributed by atoms with Crippen LogP contribution in [0.1, 0.15) is 13.3 Å². The molecule has 2 aliphatic heterocycles. The molecule has 0 aromatic heterocycles. The number of aliphatic carboxylic acids is 1. The van der Waals surface area contributed by atoms with E-state index in [4.69, 9.17) is 5.11 Å². The molecule has 76 valence electrons. The van der Waals surface area contributed by atoms with Crippen LogP contribution in [0.25, 0.3) is 0 Å². The van der Waals surface area contributed by atoms with Crippen LogP contribution in [0.5, 0.6) is 0 Å². The Labute approximate surface area is 81.4 Å². The van der Waals surface area contributed by atoms with Gasteiger partial charge in [0.1, 0.15) is 5.82 Å². The normalized spacial score (nSPS) is 25.4. The predicted octanol–water partition coefficient (Wildman–Crippen LogP) is -0.246. The Morgan fingerprint density at radius 2 is 2.43 bits per heavy atom. The molecule has 0 radical (unpaired) electrons. The van der Waals surface area contributed by atoms with Crippen LogP contribution < -0.4 is 5.32 Å². The summed E-state index contributed by atoms with van der Waals surface area (Å²) in [6.07, 6.45) is -0.105. The van der Waals surface area contributed by atoms with Crippen molar-refractivity contribution in [1.82, 2.24) is 10.2 Å². The fourth-order valence-electron chi connectivity index (χ4n) is 2.02. The second-order valence-corrected chi connectivity index (χ2v) is 3.60. The molecule has 2 heterocycles. The molecule has 5 heteroatoms. The van der Waals surface area contributed by atoms with Crippen LogP contribution in [-0.4, -0.2) is 35.0 Å². The van der Waals surface area contributed by atoms with Crippen molar-refractivity contribution in [2.75, 3.05) is 13.1 Å². The van der Waals surface area contributed by atoms with Gasteiger partial charge in [0.15, 0.2) is 0 Å². The van der Waals surface area contributed by atoms with Crippen molar-refractivity contribution in [2.24, 2.45) is 5.92 Å². The number of nitrogens with one attached hydrogen (secondary N) is 1. The summed E-state index contributed by atoms with van der Waals surface area (Å²) in [6, 6.07) is 0. The number of carbonyl (C=O) groups is 2. The van der Waals surface area contributed by atoms with Crippen molar-refractivity contribution in [1.29, 1.82) is 0 Å². The van der Waals surface area contributed by atoms with Gasteiger partial charge in [-0.15, -0.1) is 0 Å². The third-order valence-corrected chi connectivity index (χ3v) is 2.74. The number of fused-ring (bicyclic) bond motifs is 1. The summed E-state index contributed by atoms with van der Waals surface area (Å²) >= 11 is 0. The molecule has 14 heavy (non-hydrogen) atoms. The Morgan fingerprint density at radius 1 is 1.71 bits per heavy atom. The van der Waals surface area contributed by atoms with Crippen molar-refractivity contribution in [3.05, 3.63) is 11.4 Å². The molecule has 2 rings (SSSR count). The third kappa shape index (κ3) is 1.16. The van der Waals surface area contributed by atoms with Gasteiger partial charge in [-0.25, -0.2) is 0 Å². The largest absolute Gasteiger partial charge is 0.481 e. The third-order valence-electron chi connectivity index (χ3n) is 2.74. The molecule has 1 unspecified atom stereocenters. The first-order chi connectivity index (χ1) is 6.61. The minimum atomic E-state index is -0.926. The van der Waals surface area contributed by atoms with Gasteiger partial charge in [0, 0.05) is 13.1 Å². The maximum absolute atomic E-state index is 11.7. The molecule has 1 fully saturated rings. The molecule has 2 aliphatic rings. The van der Waals surface area contributed by atoms with E-state index < -0.39 is 11.9 Å². The fraction of sp³-hybridized carbons (Fsp3) is 0.556. The van der Waals surface area contributed by atoms with Gasteiger partial charge >= 0.3 is 5.97 Å². The van der Waals surface area contributed by atoms with Crippen LogP contribution in [0.2, 0.25) is 0 Å². The van der Waals surface area contributed by atoms with E-state index in [1.807, 2.05) is 6.92 Å². The van der Waals surface area contributed by atoms with Gasteiger partial charge in [-0.1, -0.05) is 0 Å². The van der Waals surface area contributed by atoms with Crippen molar-refractivity contribution >= 4 is 11.9 Å². The zero-order chi connectivity index (χ0) is 10.3. The molecule has 2 N–H and O–H groups in total. The summed E-state index contributed by atoms with van der Waals surface area (Å²) in [5.41, 5.74) is 0.856. The number of carboxylic acid groups (broad SMARTS) is 1. The first kappa shape index (κ1) is 9.05. The molecule has 1 amide bonds. The van der Waals surface area contributed by atoms with E-state index in [9.17, 15) is 9.59 Å². The van der Waals surface area contributed by atoms with E-state index in [0.717, 1.165) is 17.9 Å². The number of rotatable bonds is 2. The standard InChI is InChI=1S/C9H12N2O3/c1-5-6(4-7(12)13)9(14)11-3-2-10-8(5)11/h6,10H,2-4H2,1H3,(H,12,13). The van der Waals surface area contributed by atoms with Crippen LogP contribution in [0.15, 0.2) is 11.4 Å². The molecule has 0 saturated carbocycles. The van der Waals surface area contributed by atoms with E-state index in [-0.39, 0.29) is 12.3 Å². The highest BCUT2D eigenvalue weighted by molar-refractivity contribution is 5.90. The number of carboxylic acids is 1. The lowest BCUT2D eigenvalue weighted by Crippen LogP contribution is -2.28. The predicted molar refractivity (Wildman–Crippen MR) is 48.2 cm³/mol. The smallest absolute Gasteiger partial charge is 0.304 e. The summed E-state index contributed by atoms with van der Waals surface area (Å²) < 4.78 is 0.